The summed E-state index contributed by atoms with van der Waals surface area (Å²) in [6, 6.07) is 9.11. The lowest BCUT2D eigenvalue weighted by atomic mass is 10.2. The van der Waals surface area contributed by atoms with Gasteiger partial charge in [0.05, 0.1) is 12.2 Å². The molecule has 1 aliphatic rings. The number of cyclic esters (lactones) is 1. The highest BCUT2D eigenvalue weighted by Gasteiger charge is 2.22. The Labute approximate surface area is 134 Å². The summed E-state index contributed by atoms with van der Waals surface area (Å²) in [5.74, 6) is -0.0791. The Kier molecular flexibility index (Phi) is 4.27. The lowest BCUT2D eigenvalue weighted by molar-refractivity contribution is 0.0782. The van der Waals surface area contributed by atoms with Crippen LogP contribution in [0.15, 0.2) is 42.7 Å². The third-order valence-electron chi connectivity index (χ3n) is 3.78. The summed E-state index contributed by atoms with van der Waals surface area (Å²) in [6.07, 6.45) is 3.24. The van der Waals surface area contributed by atoms with Crippen molar-refractivity contribution in [3.8, 4) is 5.69 Å². The molecule has 1 saturated heterocycles. The van der Waals surface area contributed by atoms with Crippen molar-refractivity contribution in [3.05, 3.63) is 48.3 Å². The molecule has 1 aromatic carbocycles. The number of hydrogen-bond donors (Lipinski definition) is 0. The van der Waals surface area contributed by atoms with Crippen LogP contribution in [0.2, 0.25) is 0 Å². The molecule has 2 amide bonds. The highest BCUT2D eigenvalue weighted by molar-refractivity contribution is 5.94. The number of amides is 2. The molecule has 0 saturated carbocycles. The number of likely N-dealkylation sites (N-methyl/N-ethyl adjacent to an activating group) is 1. The number of ether oxygens (including phenoxy) is 1. The van der Waals surface area contributed by atoms with Crippen LogP contribution in [0.1, 0.15) is 10.4 Å². The molecular formula is C16H18N4O3. The van der Waals surface area contributed by atoms with E-state index in [0.717, 1.165) is 5.69 Å². The molecule has 3 rings (SSSR count). The van der Waals surface area contributed by atoms with Crippen molar-refractivity contribution in [3.63, 3.8) is 0 Å². The van der Waals surface area contributed by atoms with E-state index in [-0.39, 0.29) is 12.0 Å². The molecule has 23 heavy (non-hydrogen) atoms. The predicted molar refractivity (Wildman–Crippen MR) is 83.4 cm³/mol. The van der Waals surface area contributed by atoms with E-state index in [0.29, 0.717) is 31.8 Å². The minimum atomic E-state index is -0.311. The molecule has 120 valence electrons. The quantitative estimate of drug-likeness (QED) is 0.836. The second-order valence-corrected chi connectivity index (χ2v) is 5.33. The average Bonchev–Trinajstić information content (AvgIpc) is 3.24. The van der Waals surface area contributed by atoms with Crippen LogP contribution in [0.25, 0.3) is 5.69 Å². The van der Waals surface area contributed by atoms with Crippen LogP contribution in [0.3, 0.4) is 0 Å². The van der Waals surface area contributed by atoms with E-state index in [4.69, 9.17) is 4.74 Å². The minimum absolute atomic E-state index is 0.0791. The molecule has 1 aliphatic heterocycles. The fourth-order valence-electron chi connectivity index (χ4n) is 2.40. The first-order chi connectivity index (χ1) is 11.1. The number of hydrogen-bond acceptors (Lipinski definition) is 4. The van der Waals surface area contributed by atoms with Gasteiger partial charge >= 0.3 is 6.09 Å². The number of carbonyl (C=O) groups is 2. The van der Waals surface area contributed by atoms with Gasteiger partial charge in [-0.1, -0.05) is 0 Å². The highest BCUT2D eigenvalue weighted by Crippen LogP contribution is 2.11. The number of rotatable bonds is 5. The third kappa shape index (κ3) is 3.33. The Bertz CT molecular complexity index is 682. The van der Waals surface area contributed by atoms with Crippen LogP contribution >= 0.6 is 0 Å². The van der Waals surface area contributed by atoms with E-state index >= 15 is 0 Å². The van der Waals surface area contributed by atoms with Gasteiger partial charge < -0.3 is 14.5 Å². The normalized spacial score (nSPS) is 14.0. The summed E-state index contributed by atoms with van der Waals surface area (Å²) in [5.41, 5.74) is 1.50. The lowest BCUT2D eigenvalue weighted by Crippen LogP contribution is -2.36. The maximum absolute atomic E-state index is 12.4. The molecule has 0 atom stereocenters. The van der Waals surface area contributed by atoms with E-state index in [1.165, 1.54) is 0 Å². The second-order valence-electron chi connectivity index (χ2n) is 5.33. The van der Waals surface area contributed by atoms with Crippen LogP contribution in [0, 0.1) is 0 Å². The van der Waals surface area contributed by atoms with Gasteiger partial charge in [0.25, 0.3) is 5.91 Å². The van der Waals surface area contributed by atoms with Crippen LogP contribution in [0.4, 0.5) is 4.79 Å². The molecule has 0 aliphatic carbocycles. The molecule has 1 fully saturated rings. The number of nitrogens with zero attached hydrogens (tertiary/aromatic N) is 4. The largest absolute Gasteiger partial charge is 0.448 e. The van der Waals surface area contributed by atoms with Crippen LogP contribution < -0.4 is 0 Å². The van der Waals surface area contributed by atoms with Crippen molar-refractivity contribution >= 4 is 12.0 Å². The zero-order valence-corrected chi connectivity index (χ0v) is 12.9. The summed E-state index contributed by atoms with van der Waals surface area (Å²) < 4.78 is 6.60. The highest BCUT2D eigenvalue weighted by atomic mass is 16.6. The fourth-order valence-corrected chi connectivity index (χ4v) is 2.40. The van der Waals surface area contributed by atoms with Crippen molar-refractivity contribution in [1.82, 2.24) is 19.6 Å². The van der Waals surface area contributed by atoms with E-state index in [1.807, 2.05) is 24.4 Å². The predicted octanol–water partition coefficient (Wildman–Crippen LogP) is 1.40. The topological polar surface area (TPSA) is 67.7 Å². The maximum atomic E-state index is 12.4. The Morgan fingerprint density at radius 3 is 2.74 bits per heavy atom. The lowest BCUT2D eigenvalue weighted by Gasteiger charge is -2.20. The van der Waals surface area contributed by atoms with Crippen molar-refractivity contribution in [2.24, 2.45) is 0 Å². The van der Waals surface area contributed by atoms with Crippen molar-refractivity contribution in [2.45, 2.75) is 0 Å². The summed E-state index contributed by atoms with van der Waals surface area (Å²) in [6.45, 7) is 1.95. The summed E-state index contributed by atoms with van der Waals surface area (Å²) in [5, 5.41) is 4.15. The van der Waals surface area contributed by atoms with E-state index in [2.05, 4.69) is 5.10 Å². The van der Waals surface area contributed by atoms with Crippen LogP contribution in [-0.4, -0.2) is 64.9 Å². The zero-order valence-electron chi connectivity index (χ0n) is 12.9. The summed E-state index contributed by atoms with van der Waals surface area (Å²) >= 11 is 0. The standard InChI is InChI=1S/C16H18N4O3/c1-18(9-10-19-11-12-23-16(19)22)15(21)13-3-5-14(6-4-13)20-8-2-7-17-20/h2-8H,9-12H2,1H3. The number of carbonyl (C=O) groups excluding carboxylic acids is 2. The van der Waals surface area contributed by atoms with Crippen molar-refractivity contribution < 1.29 is 14.3 Å². The Morgan fingerprint density at radius 2 is 2.13 bits per heavy atom. The molecule has 1 aromatic heterocycles. The van der Waals surface area contributed by atoms with Gasteiger partial charge in [0, 0.05) is 38.1 Å². The van der Waals surface area contributed by atoms with Crippen molar-refractivity contribution in [1.29, 1.82) is 0 Å². The number of benzene rings is 1. The number of aromatic nitrogens is 2. The molecule has 0 radical (unpaired) electrons. The van der Waals surface area contributed by atoms with E-state index in [9.17, 15) is 9.59 Å². The Hall–Kier alpha value is -2.83. The van der Waals surface area contributed by atoms with Gasteiger partial charge in [-0.2, -0.15) is 5.10 Å². The average molecular weight is 314 g/mol. The van der Waals surface area contributed by atoms with Crippen LogP contribution in [0.5, 0.6) is 0 Å². The van der Waals surface area contributed by atoms with E-state index in [1.54, 1.807) is 39.9 Å². The van der Waals surface area contributed by atoms with Gasteiger partial charge in [-0.05, 0) is 30.3 Å². The molecule has 0 N–H and O–H groups in total. The van der Waals surface area contributed by atoms with Gasteiger partial charge in [-0.15, -0.1) is 0 Å². The fraction of sp³-hybridized carbons (Fsp3) is 0.312. The smallest absolute Gasteiger partial charge is 0.409 e. The molecular weight excluding hydrogens is 296 g/mol. The van der Waals surface area contributed by atoms with Crippen LogP contribution in [-0.2, 0) is 4.74 Å². The first-order valence-corrected chi connectivity index (χ1v) is 7.42. The molecule has 0 bridgehead atoms. The van der Waals surface area contributed by atoms with Crippen molar-refractivity contribution in [2.75, 3.05) is 33.3 Å². The van der Waals surface area contributed by atoms with Gasteiger partial charge in [0.1, 0.15) is 6.61 Å². The first-order valence-electron chi connectivity index (χ1n) is 7.42. The molecule has 0 unspecified atom stereocenters. The van der Waals surface area contributed by atoms with Gasteiger partial charge in [-0.25, -0.2) is 9.48 Å². The minimum Gasteiger partial charge on any atom is -0.448 e. The molecule has 2 aromatic rings. The first kappa shape index (κ1) is 15.1. The molecule has 7 heteroatoms. The SMILES string of the molecule is CN(CCN1CCOC1=O)C(=O)c1ccc(-n2cccn2)cc1. The van der Waals surface area contributed by atoms with Gasteiger partial charge in [-0.3, -0.25) is 4.79 Å². The monoisotopic (exact) mass is 314 g/mol. The Morgan fingerprint density at radius 1 is 1.35 bits per heavy atom. The van der Waals surface area contributed by atoms with Gasteiger partial charge in [0.2, 0.25) is 0 Å². The third-order valence-corrected chi connectivity index (χ3v) is 3.78. The maximum Gasteiger partial charge on any atom is 0.409 e. The second kappa shape index (κ2) is 6.51. The Balaban J connectivity index is 1.59. The summed E-state index contributed by atoms with van der Waals surface area (Å²) in [4.78, 5) is 27.0. The molecule has 0 spiro atoms. The molecule has 7 nitrogen and oxygen atoms in total. The molecule has 2 heterocycles. The van der Waals surface area contributed by atoms with Gasteiger partial charge in [0.15, 0.2) is 0 Å². The van der Waals surface area contributed by atoms with E-state index < -0.39 is 0 Å². The summed E-state index contributed by atoms with van der Waals surface area (Å²) in [7, 11) is 1.73. The zero-order chi connectivity index (χ0) is 16.2.